The second kappa shape index (κ2) is 8.08. The molecular formula is C29H32O6. The number of fused-ring (bicyclic) bond motifs is 4. The lowest BCUT2D eigenvalue weighted by Gasteiger charge is -2.36. The van der Waals surface area contributed by atoms with Gasteiger partial charge in [0.05, 0.1) is 24.8 Å². The molecule has 0 radical (unpaired) electrons. The number of carbonyl (C=O) groups is 1. The van der Waals surface area contributed by atoms with Crippen molar-refractivity contribution in [3.63, 3.8) is 0 Å². The molecule has 6 heteroatoms. The van der Waals surface area contributed by atoms with Crippen molar-refractivity contribution in [3.8, 4) is 28.7 Å². The Labute approximate surface area is 206 Å². The fraction of sp³-hybridized carbons (Fsp3) is 0.414. The third-order valence-corrected chi connectivity index (χ3v) is 6.72. The standard InChI is InChI=1S/C29H32O6/c1-16-24(31-7)22-14-18(15-32-26(22)21-11-13-28(3,4)34-25(16)21)19-8-9-23(33-17(2)30)20-10-12-29(5,6)35-27(19)20/h8-13,18H,14-15H2,1-7H3/t18-/m1/s1. The molecule has 0 aliphatic carbocycles. The Hall–Kier alpha value is -3.41. The summed E-state index contributed by atoms with van der Waals surface area (Å²) in [6, 6.07) is 3.82. The molecule has 0 N–H and O–H groups in total. The van der Waals surface area contributed by atoms with E-state index in [-0.39, 0.29) is 11.9 Å². The Balaban J connectivity index is 1.60. The minimum atomic E-state index is -0.480. The Morgan fingerprint density at radius 1 is 0.971 bits per heavy atom. The van der Waals surface area contributed by atoms with E-state index in [1.807, 2.05) is 58.9 Å². The number of hydrogen-bond donors (Lipinski definition) is 0. The second-order valence-corrected chi connectivity index (χ2v) is 10.5. The van der Waals surface area contributed by atoms with Crippen molar-refractivity contribution in [2.45, 2.75) is 65.1 Å². The molecule has 35 heavy (non-hydrogen) atoms. The molecule has 3 aliphatic heterocycles. The van der Waals surface area contributed by atoms with Gasteiger partial charge in [0.25, 0.3) is 0 Å². The van der Waals surface area contributed by atoms with Gasteiger partial charge in [0.2, 0.25) is 0 Å². The van der Waals surface area contributed by atoms with E-state index in [2.05, 4.69) is 12.2 Å². The van der Waals surface area contributed by atoms with Gasteiger partial charge in [-0.05, 0) is 71.4 Å². The molecule has 0 bridgehead atoms. The largest absolute Gasteiger partial charge is 0.496 e. The highest BCUT2D eigenvalue weighted by atomic mass is 16.5. The molecule has 3 heterocycles. The maximum atomic E-state index is 11.7. The Morgan fingerprint density at radius 3 is 2.29 bits per heavy atom. The van der Waals surface area contributed by atoms with Crippen LogP contribution in [0.25, 0.3) is 12.2 Å². The molecule has 0 saturated carbocycles. The summed E-state index contributed by atoms with van der Waals surface area (Å²) in [5.74, 6) is 3.31. The summed E-state index contributed by atoms with van der Waals surface area (Å²) in [7, 11) is 1.69. The lowest BCUT2D eigenvalue weighted by Crippen LogP contribution is -2.31. The third kappa shape index (κ3) is 4.05. The van der Waals surface area contributed by atoms with Crippen LogP contribution in [0.1, 0.15) is 68.4 Å². The van der Waals surface area contributed by atoms with Gasteiger partial charge >= 0.3 is 5.97 Å². The summed E-state index contributed by atoms with van der Waals surface area (Å²) in [5.41, 5.74) is 3.87. The zero-order valence-corrected chi connectivity index (χ0v) is 21.4. The van der Waals surface area contributed by atoms with Crippen molar-refractivity contribution in [2.24, 2.45) is 0 Å². The van der Waals surface area contributed by atoms with Gasteiger partial charge in [-0.1, -0.05) is 6.07 Å². The molecule has 2 aromatic rings. The minimum Gasteiger partial charge on any atom is -0.496 e. The molecule has 0 aromatic heterocycles. The van der Waals surface area contributed by atoms with Crippen molar-refractivity contribution in [2.75, 3.05) is 13.7 Å². The van der Waals surface area contributed by atoms with Crippen LogP contribution in [0.15, 0.2) is 24.3 Å². The SMILES string of the molecule is COc1c(C)c2c(c3c1C[C@@H](c1ccc(OC(C)=O)c4c1OC(C)(C)C=C4)CO3)C=CC(C)(C)O2. The summed E-state index contributed by atoms with van der Waals surface area (Å²) in [6.07, 6.45) is 8.82. The predicted octanol–water partition coefficient (Wildman–Crippen LogP) is 6.02. The number of hydrogen-bond acceptors (Lipinski definition) is 6. The molecule has 1 atom stereocenters. The van der Waals surface area contributed by atoms with E-state index in [1.165, 1.54) is 6.92 Å². The number of carbonyl (C=O) groups excluding carboxylic acids is 1. The average Bonchev–Trinajstić information content (AvgIpc) is 2.78. The predicted molar refractivity (Wildman–Crippen MR) is 135 cm³/mol. The molecule has 0 fully saturated rings. The van der Waals surface area contributed by atoms with Gasteiger partial charge in [-0.15, -0.1) is 0 Å². The van der Waals surface area contributed by atoms with Crippen LogP contribution in [-0.2, 0) is 11.2 Å². The number of methoxy groups -OCH3 is 1. The van der Waals surface area contributed by atoms with Crippen molar-refractivity contribution < 1.29 is 28.5 Å². The van der Waals surface area contributed by atoms with E-state index < -0.39 is 11.2 Å². The molecule has 0 spiro atoms. The van der Waals surface area contributed by atoms with Crippen LogP contribution in [0.5, 0.6) is 28.7 Å². The first-order valence-electron chi connectivity index (χ1n) is 12.0. The van der Waals surface area contributed by atoms with Crippen molar-refractivity contribution in [1.82, 2.24) is 0 Å². The Kier molecular flexibility index (Phi) is 5.38. The van der Waals surface area contributed by atoms with Gasteiger partial charge in [0.1, 0.15) is 39.9 Å². The lowest BCUT2D eigenvalue weighted by molar-refractivity contribution is -0.131. The van der Waals surface area contributed by atoms with Crippen LogP contribution < -0.4 is 23.7 Å². The van der Waals surface area contributed by atoms with Gasteiger partial charge in [0.15, 0.2) is 0 Å². The molecular weight excluding hydrogens is 444 g/mol. The van der Waals surface area contributed by atoms with Crippen LogP contribution in [-0.4, -0.2) is 30.9 Å². The van der Waals surface area contributed by atoms with Crippen molar-refractivity contribution in [3.05, 3.63) is 52.1 Å². The normalized spacial score (nSPS) is 20.4. The Bertz CT molecular complexity index is 1280. The topological polar surface area (TPSA) is 63.2 Å². The third-order valence-electron chi connectivity index (χ3n) is 6.72. The zero-order valence-electron chi connectivity index (χ0n) is 21.4. The van der Waals surface area contributed by atoms with Crippen LogP contribution in [0, 0.1) is 6.92 Å². The molecule has 5 rings (SSSR count). The number of benzene rings is 2. The molecule has 6 nitrogen and oxygen atoms in total. The number of ether oxygens (including phenoxy) is 5. The van der Waals surface area contributed by atoms with Gasteiger partial charge in [-0.2, -0.15) is 0 Å². The van der Waals surface area contributed by atoms with E-state index in [4.69, 9.17) is 23.7 Å². The Morgan fingerprint density at radius 2 is 1.63 bits per heavy atom. The van der Waals surface area contributed by atoms with Crippen LogP contribution >= 0.6 is 0 Å². The van der Waals surface area contributed by atoms with Gasteiger partial charge in [0, 0.05) is 29.5 Å². The molecule has 184 valence electrons. The first kappa shape index (κ1) is 23.3. The van der Waals surface area contributed by atoms with Gasteiger partial charge < -0.3 is 23.7 Å². The van der Waals surface area contributed by atoms with E-state index >= 15 is 0 Å². The quantitative estimate of drug-likeness (QED) is 0.399. The monoisotopic (exact) mass is 476 g/mol. The molecule has 0 amide bonds. The summed E-state index contributed by atoms with van der Waals surface area (Å²) in [6.45, 7) is 12.0. The highest BCUT2D eigenvalue weighted by Crippen LogP contribution is 2.52. The fourth-order valence-electron chi connectivity index (χ4n) is 5.10. The number of rotatable bonds is 3. The van der Waals surface area contributed by atoms with Gasteiger partial charge in [-0.3, -0.25) is 4.79 Å². The van der Waals surface area contributed by atoms with E-state index in [9.17, 15) is 4.79 Å². The molecule has 0 saturated heterocycles. The average molecular weight is 477 g/mol. The van der Waals surface area contributed by atoms with E-state index in [0.717, 1.165) is 57.2 Å². The molecule has 3 aliphatic rings. The molecule has 2 aromatic carbocycles. The van der Waals surface area contributed by atoms with Crippen LogP contribution in [0.4, 0.5) is 0 Å². The summed E-state index contributed by atoms with van der Waals surface area (Å²) in [5, 5.41) is 0. The first-order chi connectivity index (χ1) is 16.5. The summed E-state index contributed by atoms with van der Waals surface area (Å²) in [4.78, 5) is 11.7. The first-order valence-corrected chi connectivity index (χ1v) is 12.0. The maximum Gasteiger partial charge on any atom is 0.308 e. The number of esters is 1. The van der Waals surface area contributed by atoms with Crippen LogP contribution in [0.3, 0.4) is 0 Å². The smallest absolute Gasteiger partial charge is 0.308 e. The van der Waals surface area contributed by atoms with Crippen molar-refractivity contribution >= 4 is 18.1 Å². The second-order valence-electron chi connectivity index (χ2n) is 10.5. The summed E-state index contributed by atoms with van der Waals surface area (Å²) >= 11 is 0. The highest BCUT2D eigenvalue weighted by molar-refractivity contribution is 5.77. The van der Waals surface area contributed by atoms with E-state index in [1.54, 1.807) is 7.11 Å². The van der Waals surface area contributed by atoms with E-state index in [0.29, 0.717) is 12.4 Å². The minimum absolute atomic E-state index is 0.0289. The molecule has 0 unspecified atom stereocenters. The highest BCUT2D eigenvalue weighted by Gasteiger charge is 2.36. The zero-order chi connectivity index (χ0) is 25.1. The maximum absolute atomic E-state index is 11.7. The fourth-order valence-corrected chi connectivity index (χ4v) is 5.10. The lowest BCUT2D eigenvalue weighted by atomic mass is 9.84. The summed E-state index contributed by atoms with van der Waals surface area (Å²) < 4.78 is 30.5. The van der Waals surface area contributed by atoms with Crippen LogP contribution in [0.2, 0.25) is 0 Å². The van der Waals surface area contributed by atoms with Crippen molar-refractivity contribution in [1.29, 1.82) is 0 Å². The van der Waals surface area contributed by atoms with Gasteiger partial charge in [-0.25, -0.2) is 0 Å².